The molecule has 0 saturated carbocycles. The third kappa shape index (κ3) is 1.81. The topological polar surface area (TPSA) is 40.7 Å². The lowest BCUT2D eigenvalue weighted by molar-refractivity contribution is 0.623. The Bertz CT molecular complexity index is 748. The van der Waals surface area contributed by atoms with Crippen LogP contribution in [-0.4, -0.2) is 9.97 Å². The quantitative estimate of drug-likeness (QED) is 0.702. The Morgan fingerprint density at radius 3 is 2.95 bits per heavy atom. The zero-order chi connectivity index (χ0) is 13.7. The summed E-state index contributed by atoms with van der Waals surface area (Å²) in [5, 5.41) is 3.44. The van der Waals surface area contributed by atoms with Gasteiger partial charge in [0.25, 0.3) is 0 Å². The number of para-hydroxylation sites is 1. The minimum atomic E-state index is -0.282. The standard InChI is InChI=1S/C15H11BrFN3/c16-9-6-12-13(7-10(9)17)20-15(19-12)14-5-8-3-1-2-4-11(8)18-14/h1-4,6-7,14,18H,5H2,(H,19,20). The molecule has 1 atom stereocenters. The van der Waals surface area contributed by atoms with Crippen molar-refractivity contribution in [2.24, 2.45) is 0 Å². The van der Waals surface area contributed by atoms with Crippen molar-refractivity contribution in [3.05, 3.63) is 58.1 Å². The minimum absolute atomic E-state index is 0.113. The smallest absolute Gasteiger partial charge is 0.139 e. The number of hydrogen-bond acceptors (Lipinski definition) is 2. The normalized spacial score (nSPS) is 17.2. The first-order valence-electron chi connectivity index (χ1n) is 6.40. The Labute approximate surface area is 123 Å². The van der Waals surface area contributed by atoms with Crippen molar-refractivity contribution in [2.75, 3.05) is 5.32 Å². The van der Waals surface area contributed by atoms with Crippen LogP contribution in [0.25, 0.3) is 11.0 Å². The van der Waals surface area contributed by atoms with Crippen LogP contribution in [0.3, 0.4) is 0 Å². The summed E-state index contributed by atoms with van der Waals surface area (Å²) in [5.74, 6) is 0.559. The van der Waals surface area contributed by atoms with Crippen molar-refractivity contribution >= 4 is 32.7 Å². The third-order valence-corrected chi connectivity index (χ3v) is 4.25. The van der Waals surface area contributed by atoms with Crippen LogP contribution in [0.1, 0.15) is 17.4 Å². The van der Waals surface area contributed by atoms with Crippen LogP contribution in [0.5, 0.6) is 0 Å². The van der Waals surface area contributed by atoms with Gasteiger partial charge < -0.3 is 10.3 Å². The summed E-state index contributed by atoms with van der Waals surface area (Å²) in [6.45, 7) is 0. The zero-order valence-corrected chi connectivity index (χ0v) is 12.0. The zero-order valence-electron chi connectivity index (χ0n) is 10.5. The van der Waals surface area contributed by atoms with E-state index in [-0.39, 0.29) is 11.9 Å². The highest BCUT2D eigenvalue weighted by Crippen LogP contribution is 2.33. The van der Waals surface area contributed by atoms with Crippen LogP contribution in [0.4, 0.5) is 10.1 Å². The van der Waals surface area contributed by atoms with Crippen LogP contribution in [-0.2, 0) is 6.42 Å². The Hall–Kier alpha value is -1.88. The van der Waals surface area contributed by atoms with Crippen LogP contribution >= 0.6 is 15.9 Å². The van der Waals surface area contributed by atoms with E-state index in [4.69, 9.17) is 0 Å². The Morgan fingerprint density at radius 2 is 2.10 bits per heavy atom. The van der Waals surface area contributed by atoms with E-state index < -0.39 is 0 Å². The molecular formula is C15H11BrFN3. The number of hydrogen-bond donors (Lipinski definition) is 2. The summed E-state index contributed by atoms with van der Waals surface area (Å²) in [6, 6.07) is 11.5. The van der Waals surface area contributed by atoms with Crippen LogP contribution in [0.2, 0.25) is 0 Å². The van der Waals surface area contributed by atoms with E-state index in [2.05, 4.69) is 43.3 Å². The molecule has 100 valence electrons. The van der Waals surface area contributed by atoms with Crippen LogP contribution in [0, 0.1) is 5.82 Å². The van der Waals surface area contributed by atoms with Crippen molar-refractivity contribution in [1.82, 2.24) is 9.97 Å². The van der Waals surface area contributed by atoms with Gasteiger partial charge in [-0.25, -0.2) is 9.37 Å². The van der Waals surface area contributed by atoms with Gasteiger partial charge in [0, 0.05) is 18.2 Å². The highest BCUT2D eigenvalue weighted by Gasteiger charge is 2.24. The van der Waals surface area contributed by atoms with Gasteiger partial charge in [0.05, 0.1) is 21.5 Å². The number of aromatic amines is 1. The number of aromatic nitrogens is 2. The second kappa shape index (κ2) is 4.31. The van der Waals surface area contributed by atoms with E-state index in [1.54, 1.807) is 6.07 Å². The van der Waals surface area contributed by atoms with E-state index in [9.17, 15) is 4.39 Å². The van der Waals surface area contributed by atoms with E-state index in [1.807, 2.05) is 12.1 Å². The van der Waals surface area contributed by atoms with E-state index >= 15 is 0 Å². The Morgan fingerprint density at radius 1 is 1.25 bits per heavy atom. The van der Waals surface area contributed by atoms with Gasteiger partial charge >= 0.3 is 0 Å². The number of fused-ring (bicyclic) bond motifs is 2. The highest BCUT2D eigenvalue weighted by molar-refractivity contribution is 9.10. The molecule has 1 aromatic heterocycles. The number of rotatable bonds is 1. The van der Waals surface area contributed by atoms with Gasteiger partial charge in [-0.1, -0.05) is 18.2 Å². The molecule has 3 nitrogen and oxygen atoms in total. The largest absolute Gasteiger partial charge is 0.375 e. The summed E-state index contributed by atoms with van der Waals surface area (Å²) in [7, 11) is 0. The molecule has 0 fully saturated rings. The molecule has 2 N–H and O–H groups in total. The van der Waals surface area contributed by atoms with Gasteiger partial charge in [-0.15, -0.1) is 0 Å². The second-order valence-corrected chi connectivity index (χ2v) is 5.82. The highest BCUT2D eigenvalue weighted by atomic mass is 79.9. The van der Waals surface area contributed by atoms with Gasteiger partial charge in [-0.05, 0) is 33.6 Å². The van der Waals surface area contributed by atoms with Crippen molar-refractivity contribution in [3.8, 4) is 0 Å². The first kappa shape index (κ1) is 11.9. The van der Waals surface area contributed by atoms with Gasteiger partial charge in [-0.2, -0.15) is 0 Å². The fourth-order valence-electron chi connectivity index (χ4n) is 2.65. The molecule has 3 aromatic rings. The monoisotopic (exact) mass is 331 g/mol. The van der Waals surface area contributed by atoms with Gasteiger partial charge in [0.1, 0.15) is 11.6 Å². The molecule has 4 rings (SSSR count). The Kier molecular flexibility index (Phi) is 2.57. The van der Waals surface area contributed by atoms with Gasteiger partial charge in [0.15, 0.2) is 0 Å². The molecular weight excluding hydrogens is 321 g/mol. The van der Waals surface area contributed by atoms with Crippen LogP contribution < -0.4 is 5.32 Å². The summed E-state index contributed by atoms with van der Waals surface area (Å²) in [4.78, 5) is 7.77. The number of H-pyrrole nitrogens is 1. The fraction of sp³-hybridized carbons (Fsp3) is 0.133. The van der Waals surface area contributed by atoms with E-state index in [1.165, 1.54) is 11.6 Å². The fourth-order valence-corrected chi connectivity index (χ4v) is 2.98. The molecule has 5 heteroatoms. The number of nitrogens with one attached hydrogen (secondary N) is 2. The molecule has 0 aliphatic carbocycles. The maximum Gasteiger partial charge on any atom is 0.139 e. The Balaban J connectivity index is 1.74. The molecule has 0 spiro atoms. The lowest BCUT2D eigenvalue weighted by Gasteiger charge is -2.06. The van der Waals surface area contributed by atoms with Crippen molar-refractivity contribution < 1.29 is 4.39 Å². The number of imidazole rings is 1. The minimum Gasteiger partial charge on any atom is -0.375 e. The maximum absolute atomic E-state index is 13.5. The molecule has 20 heavy (non-hydrogen) atoms. The molecule has 1 aliphatic heterocycles. The van der Waals surface area contributed by atoms with Crippen molar-refractivity contribution in [3.63, 3.8) is 0 Å². The number of anilines is 1. The third-order valence-electron chi connectivity index (χ3n) is 3.64. The van der Waals surface area contributed by atoms with Crippen molar-refractivity contribution in [1.29, 1.82) is 0 Å². The summed E-state index contributed by atoms with van der Waals surface area (Å²) >= 11 is 3.19. The molecule has 2 aromatic carbocycles. The SMILES string of the molecule is Fc1cc2[nH]c(C3Cc4ccccc4N3)nc2cc1Br. The first-order chi connectivity index (χ1) is 9.70. The predicted octanol–water partition coefficient (Wildman–Crippen LogP) is 4.17. The average molecular weight is 332 g/mol. The van der Waals surface area contributed by atoms with Gasteiger partial charge in [0.2, 0.25) is 0 Å². The van der Waals surface area contributed by atoms with Crippen molar-refractivity contribution in [2.45, 2.75) is 12.5 Å². The van der Waals surface area contributed by atoms with E-state index in [0.717, 1.165) is 29.0 Å². The predicted molar refractivity (Wildman–Crippen MR) is 80.3 cm³/mol. The van der Waals surface area contributed by atoms with Crippen LogP contribution in [0.15, 0.2) is 40.9 Å². The summed E-state index contributed by atoms with van der Waals surface area (Å²) in [6.07, 6.45) is 0.889. The van der Waals surface area contributed by atoms with E-state index in [0.29, 0.717) is 4.47 Å². The lowest BCUT2D eigenvalue weighted by atomic mass is 10.1. The molecule has 0 bridgehead atoms. The molecule has 0 radical (unpaired) electrons. The molecule has 0 amide bonds. The summed E-state index contributed by atoms with van der Waals surface area (Å²) < 4.78 is 14.0. The number of benzene rings is 2. The molecule has 0 saturated heterocycles. The lowest BCUT2D eigenvalue weighted by Crippen LogP contribution is -2.07. The maximum atomic E-state index is 13.5. The second-order valence-electron chi connectivity index (χ2n) is 4.96. The van der Waals surface area contributed by atoms with Gasteiger partial charge in [-0.3, -0.25) is 0 Å². The molecule has 1 aliphatic rings. The number of halogens is 2. The first-order valence-corrected chi connectivity index (χ1v) is 7.19. The average Bonchev–Trinajstić information content (AvgIpc) is 3.02. The number of nitrogens with zero attached hydrogens (tertiary/aromatic N) is 1. The molecule has 1 unspecified atom stereocenters. The summed E-state index contributed by atoms with van der Waals surface area (Å²) in [5.41, 5.74) is 3.92. The molecule has 2 heterocycles.